The number of nitrogens with one attached hydrogen (secondary N) is 1. The number of sulfonamides is 1. The Morgan fingerprint density at radius 2 is 1.69 bits per heavy atom. The van der Waals surface area contributed by atoms with Gasteiger partial charge in [0.2, 0.25) is 10.0 Å². The largest absolute Gasteiger partial charge is 0.497 e. The lowest BCUT2D eigenvalue weighted by molar-refractivity contribution is -0.124. The Morgan fingerprint density at radius 1 is 1.00 bits per heavy atom. The van der Waals surface area contributed by atoms with E-state index in [-0.39, 0.29) is 17.0 Å². The van der Waals surface area contributed by atoms with Gasteiger partial charge in [-0.05, 0) is 54.8 Å². The maximum absolute atomic E-state index is 12.8. The highest BCUT2D eigenvalue weighted by molar-refractivity contribution is 7.89. The molecule has 1 aliphatic heterocycles. The summed E-state index contributed by atoms with van der Waals surface area (Å²) < 4.78 is 37.3. The molecule has 0 bridgehead atoms. The van der Waals surface area contributed by atoms with E-state index >= 15 is 0 Å². The Hall–Kier alpha value is -2.91. The van der Waals surface area contributed by atoms with E-state index in [9.17, 15) is 18.0 Å². The van der Waals surface area contributed by atoms with Crippen molar-refractivity contribution in [2.75, 3.05) is 26.8 Å². The van der Waals surface area contributed by atoms with Crippen LogP contribution in [0.3, 0.4) is 0 Å². The molecule has 0 unspecified atom stereocenters. The van der Waals surface area contributed by atoms with Gasteiger partial charge in [-0.3, -0.25) is 4.79 Å². The number of carbonyl (C=O) groups is 2. The number of ether oxygens (including phenoxy) is 2. The number of hydrogen-bond acceptors (Lipinski definition) is 6. The van der Waals surface area contributed by atoms with E-state index in [1.54, 1.807) is 19.2 Å². The molecule has 1 N–H and O–H groups in total. The first-order chi connectivity index (χ1) is 15.4. The maximum Gasteiger partial charge on any atom is 0.338 e. The third-order valence-electron chi connectivity index (χ3n) is 5.25. The van der Waals surface area contributed by atoms with Gasteiger partial charge in [-0.15, -0.1) is 0 Å². The van der Waals surface area contributed by atoms with Gasteiger partial charge < -0.3 is 14.8 Å². The van der Waals surface area contributed by atoms with E-state index in [0.717, 1.165) is 31.2 Å². The molecule has 1 aliphatic rings. The first-order valence-electron chi connectivity index (χ1n) is 10.6. The molecular weight excluding hydrogens is 432 g/mol. The van der Waals surface area contributed by atoms with Gasteiger partial charge in [0.1, 0.15) is 5.75 Å². The van der Waals surface area contributed by atoms with Crippen LogP contribution in [0, 0.1) is 0 Å². The average Bonchev–Trinajstić information content (AvgIpc) is 3.12. The van der Waals surface area contributed by atoms with Crippen LogP contribution in [0.25, 0.3) is 0 Å². The fraction of sp³-hybridized carbons (Fsp3) is 0.391. The Morgan fingerprint density at radius 3 is 2.34 bits per heavy atom. The Labute approximate surface area is 188 Å². The number of benzene rings is 2. The third kappa shape index (κ3) is 6.30. The van der Waals surface area contributed by atoms with E-state index in [2.05, 4.69) is 5.32 Å². The molecule has 1 amide bonds. The van der Waals surface area contributed by atoms with Crippen LogP contribution in [0.5, 0.6) is 5.75 Å². The summed E-state index contributed by atoms with van der Waals surface area (Å²) in [5.74, 6) is -0.453. The number of esters is 1. The molecule has 9 heteroatoms. The number of hydrogen-bond donors (Lipinski definition) is 1. The molecule has 0 spiro atoms. The van der Waals surface area contributed by atoms with E-state index < -0.39 is 28.5 Å². The summed E-state index contributed by atoms with van der Waals surface area (Å²) >= 11 is 0. The summed E-state index contributed by atoms with van der Waals surface area (Å²) in [6, 6.07) is 12.9. The minimum absolute atomic E-state index is 0.145. The molecule has 2 aromatic carbocycles. The molecule has 0 radical (unpaired) electrons. The number of carbonyl (C=O) groups excluding carboxylic acids is 2. The first kappa shape index (κ1) is 23.7. The molecule has 8 nitrogen and oxygen atoms in total. The quantitative estimate of drug-likeness (QED) is 0.608. The van der Waals surface area contributed by atoms with Crippen molar-refractivity contribution in [2.45, 2.75) is 37.1 Å². The first-order valence-corrected chi connectivity index (χ1v) is 12.0. The molecule has 2 aromatic rings. The van der Waals surface area contributed by atoms with Gasteiger partial charge in [0.05, 0.1) is 17.6 Å². The van der Waals surface area contributed by atoms with Gasteiger partial charge in [-0.25, -0.2) is 13.2 Å². The fourth-order valence-corrected chi connectivity index (χ4v) is 4.96. The Balaban J connectivity index is 1.51. The van der Waals surface area contributed by atoms with Crippen molar-refractivity contribution < 1.29 is 27.5 Å². The lowest BCUT2D eigenvalue weighted by Gasteiger charge is -2.19. The van der Waals surface area contributed by atoms with Crippen molar-refractivity contribution in [3.63, 3.8) is 0 Å². The smallest absolute Gasteiger partial charge is 0.338 e. The van der Waals surface area contributed by atoms with Crippen molar-refractivity contribution in [1.29, 1.82) is 0 Å². The number of rotatable bonds is 8. The van der Waals surface area contributed by atoms with Crippen LogP contribution >= 0.6 is 0 Å². The highest BCUT2D eigenvalue weighted by atomic mass is 32.2. The van der Waals surface area contributed by atoms with Crippen molar-refractivity contribution in [1.82, 2.24) is 9.62 Å². The van der Waals surface area contributed by atoms with Crippen LogP contribution in [0.2, 0.25) is 0 Å². The van der Waals surface area contributed by atoms with Crippen LogP contribution in [-0.4, -0.2) is 51.4 Å². The minimum Gasteiger partial charge on any atom is -0.497 e. The maximum atomic E-state index is 12.8. The molecule has 0 saturated carbocycles. The van der Waals surface area contributed by atoms with Crippen LogP contribution in [-0.2, 0) is 26.1 Å². The standard InChI is InChI=1S/C23H28N2O6S/c1-30-20-8-6-7-18(15-20)16-24-22(26)17-31-23(27)19-9-11-21(12-10-19)32(28,29)25-13-4-2-3-5-14-25/h6-12,15H,2-5,13-14,16-17H2,1H3,(H,24,26). The van der Waals surface area contributed by atoms with Crippen molar-refractivity contribution in [2.24, 2.45) is 0 Å². The molecule has 0 atom stereocenters. The molecule has 1 fully saturated rings. The zero-order chi connectivity index (χ0) is 23.0. The van der Waals surface area contributed by atoms with Gasteiger partial charge in [0, 0.05) is 19.6 Å². The van der Waals surface area contributed by atoms with E-state index in [1.165, 1.54) is 28.6 Å². The molecule has 0 aliphatic carbocycles. The van der Waals surface area contributed by atoms with Gasteiger partial charge in [-0.1, -0.05) is 25.0 Å². The highest BCUT2D eigenvalue weighted by Crippen LogP contribution is 2.21. The summed E-state index contributed by atoms with van der Waals surface area (Å²) in [5, 5.41) is 2.67. The molecule has 172 valence electrons. The zero-order valence-electron chi connectivity index (χ0n) is 18.1. The lowest BCUT2D eigenvalue weighted by atomic mass is 10.2. The van der Waals surface area contributed by atoms with Gasteiger partial charge in [0.15, 0.2) is 6.61 Å². The Kier molecular flexibility index (Phi) is 8.24. The predicted octanol–water partition coefficient (Wildman–Crippen LogP) is 2.73. The number of methoxy groups -OCH3 is 1. The van der Waals surface area contributed by atoms with Crippen molar-refractivity contribution in [3.05, 3.63) is 59.7 Å². The van der Waals surface area contributed by atoms with Crippen molar-refractivity contribution >= 4 is 21.9 Å². The predicted molar refractivity (Wildman–Crippen MR) is 119 cm³/mol. The summed E-state index contributed by atoms with van der Waals surface area (Å²) in [6.07, 6.45) is 3.76. The number of nitrogens with zero attached hydrogens (tertiary/aromatic N) is 1. The molecule has 0 aromatic heterocycles. The summed E-state index contributed by atoms with van der Waals surface area (Å²) in [5.41, 5.74) is 1.03. The molecule has 3 rings (SSSR count). The van der Waals surface area contributed by atoms with Gasteiger partial charge in [-0.2, -0.15) is 4.31 Å². The molecule has 1 saturated heterocycles. The van der Waals surface area contributed by atoms with Gasteiger partial charge >= 0.3 is 5.97 Å². The van der Waals surface area contributed by atoms with E-state index in [1.807, 2.05) is 12.1 Å². The van der Waals surface area contributed by atoms with Gasteiger partial charge in [0.25, 0.3) is 5.91 Å². The monoisotopic (exact) mass is 460 g/mol. The highest BCUT2D eigenvalue weighted by Gasteiger charge is 2.25. The topological polar surface area (TPSA) is 102 Å². The second-order valence-electron chi connectivity index (χ2n) is 7.55. The average molecular weight is 461 g/mol. The second kappa shape index (κ2) is 11.1. The number of amides is 1. The van der Waals surface area contributed by atoms with Crippen LogP contribution in [0.1, 0.15) is 41.6 Å². The summed E-state index contributed by atoms with van der Waals surface area (Å²) in [4.78, 5) is 24.4. The molecule has 1 heterocycles. The van der Waals surface area contributed by atoms with Crippen LogP contribution < -0.4 is 10.1 Å². The third-order valence-corrected chi connectivity index (χ3v) is 7.16. The normalized spacial score (nSPS) is 14.9. The Bertz CT molecular complexity index is 1030. The molecule has 32 heavy (non-hydrogen) atoms. The fourth-order valence-electron chi connectivity index (χ4n) is 3.44. The van der Waals surface area contributed by atoms with E-state index in [0.29, 0.717) is 18.8 Å². The van der Waals surface area contributed by atoms with Crippen LogP contribution in [0.15, 0.2) is 53.4 Å². The second-order valence-corrected chi connectivity index (χ2v) is 9.49. The SMILES string of the molecule is COc1cccc(CNC(=O)COC(=O)c2ccc(S(=O)(=O)N3CCCCCC3)cc2)c1. The minimum atomic E-state index is -3.58. The van der Waals surface area contributed by atoms with Crippen LogP contribution in [0.4, 0.5) is 0 Å². The summed E-state index contributed by atoms with van der Waals surface area (Å²) in [6.45, 7) is 0.862. The van der Waals surface area contributed by atoms with Crippen molar-refractivity contribution in [3.8, 4) is 5.75 Å². The lowest BCUT2D eigenvalue weighted by Crippen LogP contribution is -2.32. The summed E-state index contributed by atoms with van der Waals surface area (Å²) in [7, 11) is -2.02. The molecular formula is C23H28N2O6S. The zero-order valence-corrected chi connectivity index (χ0v) is 18.9. The van der Waals surface area contributed by atoms with E-state index in [4.69, 9.17) is 9.47 Å².